The van der Waals surface area contributed by atoms with Crippen molar-refractivity contribution in [3.8, 4) is 28.7 Å². The molecule has 4 aromatic carbocycles. The normalized spacial score (nSPS) is 9.62. The minimum Gasteiger partial charge on any atom is -0.497 e. The topological polar surface area (TPSA) is 125 Å². The van der Waals surface area contributed by atoms with Crippen LogP contribution in [0.1, 0.15) is 16.7 Å². The lowest BCUT2D eigenvalue weighted by Gasteiger charge is -2.13. The van der Waals surface area contributed by atoms with Crippen LogP contribution in [-0.4, -0.2) is 31.7 Å². The zero-order chi connectivity index (χ0) is 30.0. The molecule has 0 radical (unpaired) electrons. The van der Waals surface area contributed by atoms with Crippen molar-refractivity contribution in [2.45, 2.75) is 19.8 Å². The number of nitrogens with two attached hydrogens (primary N) is 1. The van der Waals surface area contributed by atoms with E-state index in [1.807, 2.05) is 84.9 Å². The summed E-state index contributed by atoms with van der Waals surface area (Å²) in [6, 6.07) is 27.2. The highest BCUT2D eigenvalue weighted by molar-refractivity contribution is 14.1. The maximum atomic E-state index is 8.86. The van der Waals surface area contributed by atoms with E-state index in [1.165, 1.54) is 0 Å². The Bertz CT molecular complexity index is 1310. The Hall–Kier alpha value is -2.53. The Kier molecular flexibility index (Phi) is 18.9. The van der Waals surface area contributed by atoms with Crippen LogP contribution < -0.4 is 35.1 Å². The van der Waals surface area contributed by atoms with Crippen LogP contribution in [0.3, 0.4) is 0 Å². The molecule has 0 aromatic heterocycles. The average Bonchev–Trinajstić information content (AvgIpc) is 3.02. The van der Waals surface area contributed by atoms with Gasteiger partial charge in [-0.25, -0.2) is 11.4 Å². The first kappa shape index (κ1) is 37.5. The second-order valence-corrected chi connectivity index (χ2v) is 10.4. The molecule has 0 saturated carbocycles. The lowest BCUT2D eigenvalue weighted by atomic mass is 10.2. The van der Waals surface area contributed by atoms with E-state index in [-0.39, 0.29) is 12.4 Å². The van der Waals surface area contributed by atoms with Crippen molar-refractivity contribution in [3.05, 3.63) is 109 Å². The number of methoxy groups -OCH3 is 3. The highest BCUT2D eigenvalue weighted by atomic mass is 127. The third kappa shape index (κ3) is 12.0. The first-order valence-electron chi connectivity index (χ1n) is 12.2. The van der Waals surface area contributed by atoms with Crippen molar-refractivity contribution in [2.75, 3.05) is 21.3 Å². The number of hydrogen-bond donors (Lipinski definition) is 4. The minimum absolute atomic E-state index is 0. The highest BCUT2D eigenvalue weighted by Crippen LogP contribution is 2.32. The summed E-state index contributed by atoms with van der Waals surface area (Å²) in [7, 11) is 4.94. The molecule has 0 aliphatic rings. The summed E-state index contributed by atoms with van der Waals surface area (Å²) < 4.78 is 29.3. The van der Waals surface area contributed by atoms with E-state index in [0.29, 0.717) is 19.8 Å². The largest absolute Gasteiger partial charge is 0.497 e. The maximum absolute atomic E-state index is 8.86. The average molecular weight is 825 g/mol. The van der Waals surface area contributed by atoms with Crippen LogP contribution in [0.15, 0.2) is 84.9 Å². The van der Waals surface area contributed by atoms with Gasteiger partial charge in [0, 0.05) is 12.1 Å². The second kappa shape index (κ2) is 21.2. The summed E-state index contributed by atoms with van der Waals surface area (Å²) in [4.78, 5) is 0. The molecular formula is C30H35ClI2N2O7. The van der Waals surface area contributed by atoms with Crippen molar-refractivity contribution in [2.24, 2.45) is 5.90 Å². The Morgan fingerprint density at radius 1 is 0.643 bits per heavy atom. The van der Waals surface area contributed by atoms with Crippen LogP contribution in [-0.2, 0) is 19.8 Å². The summed E-state index contributed by atoms with van der Waals surface area (Å²) in [5.74, 6) is 7.50. The van der Waals surface area contributed by atoms with E-state index in [2.05, 4.69) is 56.6 Å². The summed E-state index contributed by atoms with van der Waals surface area (Å²) in [6.07, 6.45) is 0. The van der Waals surface area contributed by atoms with E-state index < -0.39 is 0 Å². The molecule has 5 N–H and O–H groups in total. The Balaban J connectivity index is 0.000000388. The summed E-state index contributed by atoms with van der Waals surface area (Å²) in [5.41, 5.74) is 5.24. The Morgan fingerprint density at radius 3 is 1.55 bits per heavy atom. The number of ether oxygens (including phenoxy) is 5. The quantitative estimate of drug-likeness (QED) is 0.0936. The van der Waals surface area contributed by atoms with Gasteiger partial charge >= 0.3 is 0 Å². The summed E-state index contributed by atoms with van der Waals surface area (Å²) in [6.45, 7) is 1.33. The van der Waals surface area contributed by atoms with Crippen LogP contribution in [0.2, 0.25) is 0 Å². The van der Waals surface area contributed by atoms with Crippen LogP contribution in [0, 0.1) is 7.14 Å². The first-order chi connectivity index (χ1) is 20.0. The van der Waals surface area contributed by atoms with Gasteiger partial charge in [0.2, 0.25) is 0 Å². The molecule has 228 valence electrons. The van der Waals surface area contributed by atoms with Gasteiger partial charge in [0.25, 0.3) is 0 Å². The molecule has 9 nitrogen and oxygen atoms in total. The monoisotopic (exact) mass is 824 g/mol. The van der Waals surface area contributed by atoms with Crippen molar-refractivity contribution in [1.82, 2.24) is 5.48 Å². The van der Waals surface area contributed by atoms with Gasteiger partial charge in [-0.05, 0) is 98.8 Å². The van der Waals surface area contributed by atoms with E-state index in [1.54, 1.807) is 21.3 Å². The third-order valence-corrected chi connectivity index (χ3v) is 7.25. The molecule has 0 amide bonds. The number of halogens is 3. The number of nitrogens with one attached hydrogen (secondary N) is 1. The molecule has 0 fully saturated rings. The van der Waals surface area contributed by atoms with Gasteiger partial charge in [-0.1, -0.05) is 42.5 Å². The van der Waals surface area contributed by atoms with E-state index >= 15 is 0 Å². The van der Waals surface area contributed by atoms with Crippen molar-refractivity contribution in [3.63, 3.8) is 0 Å². The summed E-state index contributed by atoms with van der Waals surface area (Å²) in [5, 5.41) is 15.4. The van der Waals surface area contributed by atoms with Gasteiger partial charge in [0.05, 0.1) is 28.5 Å². The van der Waals surface area contributed by atoms with Gasteiger partial charge in [0.15, 0.2) is 11.5 Å². The highest BCUT2D eigenvalue weighted by Gasteiger charge is 2.09. The molecule has 0 saturated heterocycles. The smallest absolute Gasteiger partial charge is 0.174 e. The predicted molar refractivity (Wildman–Crippen MR) is 181 cm³/mol. The van der Waals surface area contributed by atoms with Crippen LogP contribution in [0.5, 0.6) is 28.7 Å². The number of hydrogen-bond acceptors (Lipinski definition) is 9. The second-order valence-electron chi connectivity index (χ2n) is 8.11. The molecule has 0 unspecified atom stereocenters. The van der Waals surface area contributed by atoms with E-state index in [4.69, 9.17) is 34.1 Å². The van der Waals surface area contributed by atoms with E-state index in [0.717, 1.165) is 52.6 Å². The third-order valence-electron chi connectivity index (χ3n) is 5.55. The molecule has 0 aliphatic carbocycles. The van der Waals surface area contributed by atoms with Gasteiger partial charge in [-0.3, -0.25) is 0 Å². The molecule has 12 heteroatoms. The lowest BCUT2D eigenvalue weighted by molar-refractivity contribution is 0.159. The SMILES string of the molecule is COc1ccc(COc2c(I)cccc2CNO)cc1.COc1ccc(COc2c(I)cccc2OC)cc1.Cl.NO. The zero-order valence-corrected chi connectivity index (χ0v) is 28.5. The van der Waals surface area contributed by atoms with Crippen LogP contribution in [0.25, 0.3) is 0 Å². The molecule has 0 spiro atoms. The number of benzene rings is 4. The van der Waals surface area contributed by atoms with Crippen molar-refractivity contribution >= 4 is 57.6 Å². The molecule has 4 aromatic rings. The predicted octanol–water partition coefficient (Wildman–Crippen LogP) is 7.00. The fraction of sp³-hybridized carbons (Fsp3) is 0.200. The minimum atomic E-state index is 0. The van der Waals surface area contributed by atoms with Gasteiger partial charge in [-0.15, -0.1) is 12.4 Å². The molecule has 0 bridgehead atoms. The molecule has 0 atom stereocenters. The Morgan fingerprint density at radius 2 is 1.10 bits per heavy atom. The fourth-order valence-electron chi connectivity index (χ4n) is 3.48. The molecule has 0 aliphatic heterocycles. The van der Waals surface area contributed by atoms with Crippen molar-refractivity contribution < 1.29 is 34.1 Å². The molecule has 0 heterocycles. The zero-order valence-electron chi connectivity index (χ0n) is 23.4. The number of para-hydroxylation sites is 2. The van der Waals surface area contributed by atoms with E-state index in [9.17, 15) is 0 Å². The number of rotatable bonds is 11. The van der Waals surface area contributed by atoms with Crippen molar-refractivity contribution in [1.29, 1.82) is 0 Å². The standard InChI is InChI=1S/C15H16INO3.C15H15IO3.ClH.H3NO/c1-19-13-7-5-11(6-8-13)10-20-15-12(9-17-18)3-2-4-14(15)16;1-17-12-8-6-11(7-9-12)10-19-15-13(16)4-3-5-14(15)18-2;;1-2/h2-8,17-18H,9-10H2,1H3;3-9H,10H2,1-2H3;1H;2H,1H2. The van der Waals surface area contributed by atoms with Crippen LogP contribution >= 0.6 is 57.6 Å². The first-order valence-corrected chi connectivity index (χ1v) is 14.4. The summed E-state index contributed by atoms with van der Waals surface area (Å²) >= 11 is 4.46. The maximum Gasteiger partial charge on any atom is 0.174 e. The van der Waals surface area contributed by atoms with Gasteiger partial charge < -0.3 is 34.1 Å². The van der Waals surface area contributed by atoms with Crippen LogP contribution in [0.4, 0.5) is 0 Å². The number of hydroxylamine groups is 1. The molecular weight excluding hydrogens is 790 g/mol. The lowest BCUT2D eigenvalue weighted by Crippen LogP contribution is -2.09. The van der Waals surface area contributed by atoms with Gasteiger partial charge in [-0.2, -0.15) is 0 Å². The fourth-order valence-corrected chi connectivity index (χ4v) is 4.82. The van der Waals surface area contributed by atoms with Gasteiger partial charge in [0.1, 0.15) is 30.5 Å². The molecule has 42 heavy (non-hydrogen) atoms. The Labute approximate surface area is 279 Å². The molecule has 4 rings (SSSR count).